The fourth-order valence-corrected chi connectivity index (χ4v) is 5.72. The van der Waals surface area contributed by atoms with Crippen molar-refractivity contribution in [3.8, 4) is 5.75 Å². The molecule has 1 fully saturated rings. The zero-order chi connectivity index (χ0) is 29.1. The summed E-state index contributed by atoms with van der Waals surface area (Å²) in [6.07, 6.45) is 6.47. The van der Waals surface area contributed by atoms with Gasteiger partial charge in [-0.05, 0) is 61.8 Å². The number of carbonyl (C=O) groups is 3. The predicted octanol–water partition coefficient (Wildman–Crippen LogP) is 3.32. The number of hydrogen-bond donors (Lipinski definition) is 3. The lowest BCUT2D eigenvalue weighted by Crippen LogP contribution is -2.59. The van der Waals surface area contributed by atoms with E-state index in [4.69, 9.17) is 4.74 Å². The van der Waals surface area contributed by atoms with Crippen LogP contribution in [0.2, 0.25) is 0 Å². The Balaban J connectivity index is 1.47. The lowest BCUT2D eigenvalue weighted by Gasteiger charge is -2.34. The van der Waals surface area contributed by atoms with E-state index in [9.17, 15) is 14.4 Å². The van der Waals surface area contributed by atoms with Gasteiger partial charge < -0.3 is 25.3 Å². The number of nitrogens with one attached hydrogen (secondary N) is 3. The van der Waals surface area contributed by atoms with Gasteiger partial charge in [0.25, 0.3) is 0 Å². The molecule has 9 heteroatoms. The van der Waals surface area contributed by atoms with Gasteiger partial charge in [-0.15, -0.1) is 0 Å². The van der Waals surface area contributed by atoms with Crippen molar-refractivity contribution in [3.05, 3.63) is 72.1 Å². The van der Waals surface area contributed by atoms with E-state index in [2.05, 4.69) is 15.6 Å². The van der Waals surface area contributed by atoms with Crippen molar-refractivity contribution in [3.63, 3.8) is 0 Å². The van der Waals surface area contributed by atoms with E-state index in [1.807, 2.05) is 87.6 Å². The number of ether oxygens (including phenoxy) is 1. The van der Waals surface area contributed by atoms with Crippen LogP contribution in [0, 0.1) is 5.92 Å². The molecule has 5 atom stereocenters. The molecular formula is C32H39N5O4. The van der Waals surface area contributed by atoms with Gasteiger partial charge in [-0.3, -0.25) is 19.3 Å². The van der Waals surface area contributed by atoms with E-state index in [1.54, 1.807) is 17.2 Å². The van der Waals surface area contributed by atoms with Gasteiger partial charge in [-0.2, -0.15) is 0 Å². The topological polar surface area (TPSA) is 107 Å². The van der Waals surface area contributed by atoms with Gasteiger partial charge in [0.05, 0.1) is 6.04 Å². The number of para-hydroxylation sites is 1. The van der Waals surface area contributed by atoms with Crippen LogP contribution in [0.1, 0.15) is 37.8 Å². The van der Waals surface area contributed by atoms with Crippen LogP contribution in [0.15, 0.2) is 60.9 Å². The second-order valence-corrected chi connectivity index (χ2v) is 11.2. The first-order valence-corrected chi connectivity index (χ1v) is 14.3. The molecule has 0 radical (unpaired) electrons. The third kappa shape index (κ3) is 6.00. The van der Waals surface area contributed by atoms with Crippen molar-refractivity contribution in [1.29, 1.82) is 0 Å². The predicted molar refractivity (Wildman–Crippen MR) is 159 cm³/mol. The van der Waals surface area contributed by atoms with Gasteiger partial charge in [-0.1, -0.05) is 50.6 Å². The van der Waals surface area contributed by atoms with Crippen LogP contribution in [0.3, 0.4) is 0 Å². The van der Waals surface area contributed by atoms with Gasteiger partial charge in [0.2, 0.25) is 17.7 Å². The number of benzene rings is 2. The monoisotopic (exact) mass is 557 g/mol. The molecule has 9 nitrogen and oxygen atoms in total. The molecule has 3 amide bonds. The summed E-state index contributed by atoms with van der Waals surface area (Å²) in [7, 11) is 3.76. The third-order valence-electron chi connectivity index (χ3n) is 8.35. The first kappa shape index (κ1) is 28.4. The number of likely N-dealkylation sites (tertiary alicyclic amines) is 1. The Labute approximate surface area is 240 Å². The molecule has 3 aliphatic rings. The number of amides is 3. The fraction of sp³-hybridized carbons (Fsp3) is 0.406. The van der Waals surface area contributed by atoms with Crippen molar-refractivity contribution in [2.24, 2.45) is 5.92 Å². The second-order valence-electron chi connectivity index (χ2n) is 11.2. The molecule has 6 rings (SSSR count). The Morgan fingerprint density at radius 3 is 2.59 bits per heavy atom. The quantitative estimate of drug-likeness (QED) is 0.431. The molecule has 0 aliphatic carbocycles. The summed E-state index contributed by atoms with van der Waals surface area (Å²) >= 11 is 0. The highest BCUT2D eigenvalue weighted by molar-refractivity contribution is 5.95. The molecule has 5 unspecified atom stereocenters. The standard InChI is InChI=1S/C32H39N5O4/c1-5-20(2)28-30(38)33-16-14-21-10-12-23(13-11-21)41-27-15-17-37(29(27)31(39)35-28)32(40)26(36(3)4)18-22-19-34-25-9-7-6-8-24(22)25/h6-14,16,19-20,26-29,34H,5,15,17-18H2,1-4H3,(H,33,38)(H,35,39). The Morgan fingerprint density at radius 1 is 1.10 bits per heavy atom. The van der Waals surface area contributed by atoms with E-state index in [0.29, 0.717) is 31.6 Å². The van der Waals surface area contributed by atoms with Gasteiger partial charge in [0.15, 0.2) is 0 Å². The highest BCUT2D eigenvalue weighted by Gasteiger charge is 2.46. The molecule has 41 heavy (non-hydrogen) atoms. The van der Waals surface area contributed by atoms with Crippen molar-refractivity contribution in [2.45, 2.75) is 57.3 Å². The Hall–Kier alpha value is -4.11. The fourth-order valence-electron chi connectivity index (χ4n) is 5.72. The molecule has 1 saturated heterocycles. The second kappa shape index (κ2) is 12.2. The third-order valence-corrected chi connectivity index (χ3v) is 8.35. The Kier molecular flexibility index (Phi) is 8.44. The minimum Gasteiger partial charge on any atom is -0.488 e. The maximum Gasteiger partial charge on any atom is 0.247 e. The minimum atomic E-state index is -0.884. The van der Waals surface area contributed by atoms with Gasteiger partial charge in [0.1, 0.15) is 23.9 Å². The Bertz CT molecular complexity index is 1430. The first-order chi connectivity index (χ1) is 19.8. The summed E-state index contributed by atoms with van der Waals surface area (Å²) in [6.45, 7) is 4.29. The molecule has 4 heterocycles. The summed E-state index contributed by atoms with van der Waals surface area (Å²) in [5, 5.41) is 6.87. The molecule has 2 aromatic carbocycles. The molecule has 2 bridgehead atoms. The molecule has 0 saturated carbocycles. The molecule has 216 valence electrons. The van der Waals surface area contributed by atoms with Crippen molar-refractivity contribution in [2.75, 3.05) is 20.6 Å². The summed E-state index contributed by atoms with van der Waals surface area (Å²) in [5.74, 6) is -0.308. The van der Waals surface area contributed by atoms with Gasteiger partial charge >= 0.3 is 0 Å². The van der Waals surface area contributed by atoms with Crippen LogP contribution in [-0.4, -0.2) is 77.4 Å². The summed E-state index contributed by atoms with van der Waals surface area (Å²) < 4.78 is 6.34. The molecule has 1 aromatic heterocycles. The molecular weight excluding hydrogens is 518 g/mol. The summed E-state index contributed by atoms with van der Waals surface area (Å²) in [5.41, 5.74) is 2.96. The highest BCUT2D eigenvalue weighted by atomic mass is 16.5. The van der Waals surface area contributed by atoms with Crippen molar-refractivity contribution in [1.82, 2.24) is 25.4 Å². The maximum atomic E-state index is 14.2. The number of rotatable bonds is 6. The van der Waals surface area contributed by atoms with Crippen LogP contribution < -0.4 is 15.4 Å². The van der Waals surface area contributed by atoms with Crippen LogP contribution in [-0.2, 0) is 20.8 Å². The zero-order valence-corrected chi connectivity index (χ0v) is 24.1. The average molecular weight is 558 g/mol. The van der Waals surface area contributed by atoms with E-state index in [1.165, 1.54) is 0 Å². The largest absolute Gasteiger partial charge is 0.488 e. The number of carbonyl (C=O) groups excluding carboxylic acids is 3. The SMILES string of the molecule is CCC(C)C1NC(=O)C2C(CCN2C(=O)C(Cc2c[nH]c3ccccc23)N(C)C)Oc2ccc(cc2)C=CNC1=O. The van der Waals surface area contributed by atoms with Crippen LogP contribution >= 0.6 is 0 Å². The molecule has 0 spiro atoms. The zero-order valence-electron chi connectivity index (χ0n) is 24.1. The summed E-state index contributed by atoms with van der Waals surface area (Å²) in [4.78, 5) is 48.2. The number of nitrogens with zero attached hydrogens (tertiary/aromatic N) is 2. The van der Waals surface area contributed by atoms with Crippen LogP contribution in [0.25, 0.3) is 17.0 Å². The number of hydrogen-bond acceptors (Lipinski definition) is 5. The Morgan fingerprint density at radius 2 is 1.85 bits per heavy atom. The number of H-pyrrole nitrogens is 1. The maximum absolute atomic E-state index is 14.2. The highest BCUT2D eigenvalue weighted by Crippen LogP contribution is 2.28. The van der Waals surface area contributed by atoms with Crippen LogP contribution in [0.4, 0.5) is 0 Å². The number of aromatic nitrogens is 1. The lowest BCUT2D eigenvalue weighted by molar-refractivity contribution is -0.144. The van der Waals surface area contributed by atoms with E-state index >= 15 is 0 Å². The summed E-state index contributed by atoms with van der Waals surface area (Å²) in [6, 6.07) is 13.4. The van der Waals surface area contributed by atoms with Gasteiger partial charge in [-0.25, -0.2) is 0 Å². The van der Waals surface area contributed by atoms with E-state index in [0.717, 1.165) is 22.0 Å². The van der Waals surface area contributed by atoms with E-state index in [-0.39, 0.29) is 23.6 Å². The number of aromatic amines is 1. The number of fused-ring (bicyclic) bond motifs is 8. The molecule has 3 aromatic rings. The van der Waals surface area contributed by atoms with Crippen molar-refractivity contribution >= 4 is 34.7 Å². The van der Waals surface area contributed by atoms with Crippen LogP contribution in [0.5, 0.6) is 5.75 Å². The average Bonchev–Trinajstić information content (AvgIpc) is 3.58. The van der Waals surface area contributed by atoms with E-state index < -0.39 is 24.2 Å². The number of likely N-dealkylation sites (N-methyl/N-ethyl adjacent to an activating group) is 1. The first-order valence-electron chi connectivity index (χ1n) is 14.3. The molecule has 3 N–H and O–H groups in total. The molecule has 3 aliphatic heterocycles. The van der Waals surface area contributed by atoms with Crippen molar-refractivity contribution < 1.29 is 19.1 Å². The van der Waals surface area contributed by atoms with Gasteiger partial charge in [0, 0.05) is 36.3 Å². The minimum absolute atomic E-state index is 0.111. The smallest absolute Gasteiger partial charge is 0.247 e. The lowest BCUT2D eigenvalue weighted by atomic mass is 9.97. The normalized spacial score (nSPS) is 22.6.